The number of nitrogens with zero attached hydrogens (tertiary/aromatic N) is 1. The number of benzene rings is 1. The second kappa shape index (κ2) is 4.81. The van der Waals surface area contributed by atoms with Crippen LogP contribution in [0.2, 0.25) is 0 Å². The molecule has 1 aromatic carbocycles. The van der Waals surface area contributed by atoms with Gasteiger partial charge < -0.3 is 14.3 Å². The lowest BCUT2D eigenvalue weighted by molar-refractivity contribution is 0.288. The van der Waals surface area contributed by atoms with E-state index in [1.807, 2.05) is 24.3 Å². The summed E-state index contributed by atoms with van der Waals surface area (Å²) in [7, 11) is 1.62. The van der Waals surface area contributed by atoms with Gasteiger partial charge in [-0.25, -0.2) is 4.98 Å². The quantitative estimate of drug-likeness (QED) is 0.853. The van der Waals surface area contributed by atoms with Gasteiger partial charge in [-0.2, -0.15) is 0 Å². The van der Waals surface area contributed by atoms with Crippen LogP contribution in [0.25, 0.3) is 11.5 Å². The van der Waals surface area contributed by atoms with Crippen LogP contribution >= 0.6 is 0 Å². The topological polar surface area (TPSA) is 55.5 Å². The van der Waals surface area contributed by atoms with Gasteiger partial charge in [0.25, 0.3) is 0 Å². The van der Waals surface area contributed by atoms with Gasteiger partial charge in [0.2, 0.25) is 5.89 Å². The van der Waals surface area contributed by atoms with Crippen molar-refractivity contribution < 1.29 is 14.3 Å². The first-order valence-corrected chi connectivity index (χ1v) is 5.03. The number of oxazole rings is 1. The molecule has 1 N–H and O–H groups in total. The summed E-state index contributed by atoms with van der Waals surface area (Å²) < 4.78 is 10.6. The number of hydrogen-bond acceptors (Lipinski definition) is 4. The predicted molar refractivity (Wildman–Crippen MR) is 59.3 cm³/mol. The summed E-state index contributed by atoms with van der Waals surface area (Å²) >= 11 is 0. The number of hydrogen-bond donors (Lipinski definition) is 1. The first kappa shape index (κ1) is 10.7. The number of methoxy groups -OCH3 is 1. The first-order chi connectivity index (χ1) is 7.83. The van der Waals surface area contributed by atoms with Crippen molar-refractivity contribution in [2.45, 2.75) is 6.42 Å². The van der Waals surface area contributed by atoms with E-state index in [0.29, 0.717) is 18.1 Å². The highest BCUT2D eigenvalue weighted by atomic mass is 16.5. The first-order valence-electron chi connectivity index (χ1n) is 5.03. The second-order valence-corrected chi connectivity index (χ2v) is 3.34. The fourth-order valence-corrected chi connectivity index (χ4v) is 1.42. The van der Waals surface area contributed by atoms with Crippen LogP contribution in [0.5, 0.6) is 5.75 Å². The van der Waals surface area contributed by atoms with E-state index in [4.69, 9.17) is 14.3 Å². The minimum Gasteiger partial charge on any atom is -0.497 e. The minimum atomic E-state index is 0.0622. The van der Waals surface area contributed by atoms with Gasteiger partial charge in [-0.3, -0.25) is 0 Å². The maximum Gasteiger partial charge on any atom is 0.226 e. The Morgan fingerprint density at radius 1 is 1.44 bits per heavy atom. The van der Waals surface area contributed by atoms with Gasteiger partial charge in [0.05, 0.1) is 19.9 Å². The molecule has 0 bridgehead atoms. The van der Waals surface area contributed by atoms with Crippen LogP contribution in [0, 0.1) is 0 Å². The molecule has 0 aliphatic heterocycles. The van der Waals surface area contributed by atoms with E-state index in [1.54, 1.807) is 13.3 Å². The molecule has 0 aliphatic carbocycles. The van der Waals surface area contributed by atoms with Crippen LogP contribution in [-0.4, -0.2) is 23.8 Å². The molecule has 0 amide bonds. The summed E-state index contributed by atoms with van der Waals surface area (Å²) in [6.45, 7) is 0.0622. The Balaban J connectivity index is 2.27. The van der Waals surface area contributed by atoms with Gasteiger partial charge in [-0.05, 0) is 18.2 Å². The van der Waals surface area contributed by atoms with E-state index in [-0.39, 0.29) is 6.61 Å². The van der Waals surface area contributed by atoms with Gasteiger partial charge in [-0.1, -0.05) is 6.07 Å². The third-order valence-corrected chi connectivity index (χ3v) is 2.23. The standard InChI is InChI=1S/C12H13NO3/c1-15-10-4-2-3-9(7-10)12-13-8-11(16-12)5-6-14/h2-4,7-8,14H,5-6H2,1H3. The number of aromatic nitrogens is 1. The van der Waals surface area contributed by atoms with E-state index in [2.05, 4.69) is 4.98 Å². The zero-order valence-electron chi connectivity index (χ0n) is 9.01. The molecule has 0 unspecified atom stereocenters. The Morgan fingerprint density at radius 3 is 3.06 bits per heavy atom. The molecular weight excluding hydrogens is 206 g/mol. The van der Waals surface area contributed by atoms with Crippen molar-refractivity contribution in [1.82, 2.24) is 4.98 Å². The summed E-state index contributed by atoms with van der Waals surface area (Å²) in [6, 6.07) is 7.50. The van der Waals surface area contributed by atoms with E-state index in [1.165, 1.54) is 0 Å². The summed E-state index contributed by atoms with van der Waals surface area (Å²) in [5.74, 6) is 1.99. The predicted octanol–water partition coefficient (Wildman–Crippen LogP) is 1.89. The molecular formula is C12H13NO3. The largest absolute Gasteiger partial charge is 0.497 e. The van der Waals surface area contributed by atoms with Crippen LogP contribution in [0.15, 0.2) is 34.9 Å². The molecule has 2 rings (SSSR count). The van der Waals surface area contributed by atoms with Crippen molar-refractivity contribution in [2.75, 3.05) is 13.7 Å². The van der Waals surface area contributed by atoms with Gasteiger partial charge in [0.1, 0.15) is 11.5 Å². The number of ether oxygens (including phenoxy) is 1. The number of aliphatic hydroxyl groups is 1. The Morgan fingerprint density at radius 2 is 2.31 bits per heavy atom. The molecule has 4 heteroatoms. The molecule has 16 heavy (non-hydrogen) atoms. The van der Waals surface area contributed by atoms with Crippen molar-refractivity contribution >= 4 is 0 Å². The van der Waals surface area contributed by atoms with Crippen LogP contribution < -0.4 is 4.74 Å². The molecule has 0 atom stereocenters. The van der Waals surface area contributed by atoms with E-state index < -0.39 is 0 Å². The molecule has 0 saturated heterocycles. The van der Waals surface area contributed by atoms with Crippen molar-refractivity contribution in [3.05, 3.63) is 36.2 Å². The Bertz CT molecular complexity index is 465. The molecule has 0 radical (unpaired) electrons. The summed E-state index contributed by atoms with van der Waals surface area (Å²) in [5, 5.41) is 8.77. The van der Waals surface area contributed by atoms with E-state index in [9.17, 15) is 0 Å². The molecule has 0 aliphatic rings. The molecule has 0 spiro atoms. The zero-order chi connectivity index (χ0) is 11.4. The van der Waals surface area contributed by atoms with Crippen LogP contribution in [0.3, 0.4) is 0 Å². The van der Waals surface area contributed by atoms with E-state index >= 15 is 0 Å². The molecule has 84 valence electrons. The monoisotopic (exact) mass is 219 g/mol. The average Bonchev–Trinajstić information content (AvgIpc) is 2.78. The highest BCUT2D eigenvalue weighted by Crippen LogP contribution is 2.23. The number of rotatable bonds is 4. The third kappa shape index (κ3) is 2.23. The second-order valence-electron chi connectivity index (χ2n) is 3.34. The minimum absolute atomic E-state index is 0.0622. The Labute approximate surface area is 93.5 Å². The van der Waals surface area contributed by atoms with Gasteiger partial charge in [0.15, 0.2) is 0 Å². The average molecular weight is 219 g/mol. The summed E-state index contributed by atoms with van der Waals surface area (Å²) in [4.78, 5) is 4.15. The van der Waals surface area contributed by atoms with Gasteiger partial charge >= 0.3 is 0 Å². The normalized spacial score (nSPS) is 10.4. The maximum absolute atomic E-state index is 8.77. The van der Waals surface area contributed by atoms with Crippen molar-refractivity contribution in [1.29, 1.82) is 0 Å². The van der Waals surface area contributed by atoms with E-state index in [0.717, 1.165) is 11.3 Å². The van der Waals surface area contributed by atoms with Crippen LogP contribution in [0.1, 0.15) is 5.76 Å². The zero-order valence-corrected chi connectivity index (χ0v) is 9.01. The third-order valence-electron chi connectivity index (χ3n) is 2.23. The molecule has 1 heterocycles. The van der Waals surface area contributed by atoms with Crippen molar-refractivity contribution in [3.8, 4) is 17.2 Å². The van der Waals surface area contributed by atoms with Crippen molar-refractivity contribution in [3.63, 3.8) is 0 Å². The molecule has 4 nitrogen and oxygen atoms in total. The highest BCUT2D eigenvalue weighted by molar-refractivity contribution is 5.55. The van der Waals surface area contributed by atoms with Crippen LogP contribution in [0.4, 0.5) is 0 Å². The van der Waals surface area contributed by atoms with Crippen molar-refractivity contribution in [2.24, 2.45) is 0 Å². The Kier molecular flexibility index (Phi) is 3.22. The molecule has 1 aromatic heterocycles. The summed E-state index contributed by atoms with van der Waals surface area (Å²) in [5.41, 5.74) is 0.864. The maximum atomic E-state index is 8.77. The molecule has 2 aromatic rings. The van der Waals surface area contributed by atoms with Crippen LogP contribution in [-0.2, 0) is 6.42 Å². The van der Waals surface area contributed by atoms with Gasteiger partial charge in [-0.15, -0.1) is 0 Å². The molecule has 0 fully saturated rings. The highest BCUT2D eigenvalue weighted by Gasteiger charge is 2.06. The lowest BCUT2D eigenvalue weighted by Crippen LogP contribution is -1.86. The summed E-state index contributed by atoms with van der Waals surface area (Å²) in [6.07, 6.45) is 2.11. The molecule has 0 saturated carbocycles. The lowest BCUT2D eigenvalue weighted by atomic mass is 10.2. The van der Waals surface area contributed by atoms with Gasteiger partial charge in [0, 0.05) is 12.0 Å². The smallest absolute Gasteiger partial charge is 0.226 e. The lowest BCUT2D eigenvalue weighted by Gasteiger charge is -2.00. The SMILES string of the molecule is COc1cccc(-c2ncc(CCO)o2)c1. The number of aliphatic hydroxyl groups excluding tert-OH is 1. The fourth-order valence-electron chi connectivity index (χ4n) is 1.42. The fraction of sp³-hybridized carbons (Fsp3) is 0.250. The Hall–Kier alpha value is -1.81.